The Balaban J connectivity index is 1.90. The molecule has 0 aromatic heterocycles. The van der Waals surface area contributed by atoms with Crippen molar-refractivity contribution >= 4 is 17.6 Å². The Labute approximate surface area is 155 Å². The molecule has 1 heterocycles. The van der Waals surface area contributed by atoms with E-state index in [1.807, 2.05) is 44.1 Å². The molecule has 6 nitrogen and oxygen atoms in total. The van der Waals surface area contributed by atoms with Gasteiger partial charge in [-0.2, -0.15) is 0 Å². The molecule has 0 aliphatic carbocycles. The zero-order valence-electron chi connectivity index (χ0n) is 16.0. The van der Waals surface area contributed by atoms with Crippen LogP contribution in [0.15, 0.2) is 18.2 Å². The summed E-state index contributed by atoms with van der Waals surface area (Å²) in [5.41, 5.74) is 1.94. The van der Waals surface area contributed by atoms with Gasteiger partial charge in [-0.15, -0.1) is 0 Å². The van der Waals surface area contributed by atoms with E-state index in [1.165, 1.54) is 0 Å². The van der Waals surface area contributed by atoms with Crippen molar-refractivity contribution in [3.05, 3.63) is 23.8 Å². The van der Waals surface area contributed by atoms with E-state index in [4.69, 9.17) is 9.84 Å². The summed E-state index contributed by atoms with van der Waals surface area (Å²) >= 11 is 0. The van der Waals surface area contributed by atoms with Crippen molar-refractivity contribution in [3.8, 4) is 5.75 Å². The molecule has 0 fully saturated rings. The van der Waals surface area contributed by atoms with E-state index >= 15 is 0 Å². The molecule has 0 saturated heterocycles. The van der Waals surface area contributed by atoms with E-state index in [1.54, 1.807) is 0 Å². The number of hydrogen-bond donors (Lipinski definition) is 2. The number of fused-ring (bicyclic) bond motifs is 1. The van der Waals surface area contributed by atoms with Gasteiger partial charge in [0.15, 0.2) is 0 Å². The quantitative estimate of drug-likeness (QED) is 0.401. The molecular formula is C20H30N2O4. The summed E-state index contributed by atoms with van der Waals surface area (Å²) in [6.07, 6.45) is 3.76. The van der Waals surface area contributed by atoms with Crippen LogP contribution >= 0.6 is 0 Å². The highest BCUT2D eigenvalue weighted by Gasteiger charge is 2.36. The van der Waals surface area contributed by atoms with Gasteiger partial charge < -0.3 is 20.1 Å². The van der Waals surface area contributed by atoms with Crippen LogP contribution in [0.3, 0.4) is 0 Å². The minimum absolute atomic E-state index is 0.0576. The number of rotatable bonds is 9. The monoisotopic (exact) mass is 362 g/mol. The van der Waals surface area contributed by atoms with Gasteiger partial charge in [-0.3, -0.25) is 9.59 Å². The number of ether oxygens (including phenoxy) is 1. The molecule has 2 atom stereocenters. The average Bonchev–Trinajstić information content (AvgIpc) is 2.61. The number of esters is 1. The van der Waals surface area contributed by atoms with Crippen molar-refractivity contribution in [3.63, 3.8) is 0 Å². The first kappa shape index (κ1) is 20.2. The van der Waals surface area contributed by atoms with E-state index in [0.29, 0.717) is 12.3 Å². The van der Waals surface area contributed by atoms with E-state index in [0.717, 1.165) is 36.9 Å². The SMILES string of the molecule is CC1c2ccc(N(C)C)cc2OC(=O)C1CC(=O)NCCCCCCO. The van der Waals surface area contributed by atoms with Crippen molar-refractivity contribution in [1.82, 2.24) is 5.32 Å². The van der Waals surface area contributed by atoms with Crippen LogP contribution < -0.4 is 15.0 Å². The molecule has 2 unspecified atom stereocenters. The maximum atomic E-state index is 12.4. The molecule has 0 bridgehead atoms. The molecule has 144 valence electrons. The van der Waals surface area contributed by atoms with E-state index < -0.39 is 5.92 Å². The maximum absolute atomic E-state index is 12.4. The Kier molecular flexibility index (Phi) is 7.45. The van der Waals surface area contributed by atoms with Gasteiger partial charge in [0.2, 0.25) is 5.91 Å². The number of hydrogen-bond acceptors (Lipinski definition) is 5. The summed E-state index contributed by atoms with van der Waals surface area (Å²) in [7, 11) is 3.87. The van der Waals surface area contributed by atoms with Crippen molar-refractivity contribution in [2.45, 2.75) is 44.9 Å². The molecule has 1 aromatic carbocycles. The number of aliphatic hydroxyl groups is 1. The summed E-state index contributed by atoms with van der Waals surface area (Å²) in [6.45, 7) is 2.79. The molecule has 0 radical (unpaired) electrons. The molecule has 0 spiro atoms. The fourth-order valence-electron chi connectivity index (χ4n) is 3.22. The first-order valence-corrected chi connectivity index (χ1v) is 9.34. The number of carbonyl (C=O) groups is 2. The second kappa shape index (κ2) is 9.57. The normalized spacial score (nSPS) is 18.8. The zero-order valence-corrected chi connectivity index (χ0v) is 16.0. The van der Waals surface area contributed by atoms with Crippen molar-refractivity contribution in [2.24, 2.45) is 5.92 Å². The van der Waals surface area contributed by atoms with E-state index in [-0.39, 0.29) is 30.8 Å². The lowest BCUT2D eigenvalue weighted by atomic mass is 9.82. The Bertz CT molecular complexity index is 630. The fraction of sp³-hybridized carbons (Fsp3) is 0.600. The minimum atomic E-state index is -0.456. The first-order valence-electron chi connectivity index (χ1n) is 9.34. The number of nitrogens with zero attached hydrogens (tertiary/aromatic N) is 1. The summed E-state index contributed by atoms with van der Waals surface area (Å²) in [5.74, 6) is -0.373. The highest BCUT2D eigenvalue weighted by molar-refractivity contribution is 5.86. The van der Waals surface area contributed by atoms with E-state index in [2.05, 4.69) is 5.32 Å². The van der Waals surface area contributed by atoms with Gasteiger partial charge in [0.1, 0.15) is 5.75 Å². The Morgan fingerprint density at radius 2 is 1.96 bits per heavy atom. The van der Waals surface area contributed by atoms with Crippen LogP contribution in [0.4, 0.5) is 5.69 Å². The van der Waals surface area contributed by atoms with Crippen LogP contribution in [0.2, 0.25) is 0 Å². The van der Waals surface area contributed by atoms with Crippen LogP contribution in [0.1, 0.15) is 50.5 Å². The van der Waals surface area contributed by atoms with Crippen LogP contribution in [0.5, 0.6) is 5.75 Å². The lowest BCUT2D eigenvalue weighted by Crippen LogP contribution is -2.36. The van der Waals surface area contributed by atoms with Crippen LogP contribution in [-0.2, 0) is 9.59 Å². The fourth-order valence-corrected chi connectivity index (χ4v) is 3.22. The van der Waals surface area contributed by atoms with E-state index in [9.17, 15) is 9.59 Å². The third-order valence-electron chi connectivity index (χ3n) is 4.93. The largest absolute Gasteiger partial charge is 0.426 e. The highest BCUT2D eigenvalue weighted by Crippen LogP contribution is 2.40. The third kappa shape index (κ3) is 5.21. The third-order valence-corrected chi connectivity index (χ3v) is 4.93. The molecule has 26 heavy (non-hydrogen) atoms. The van der Waals surface area contributed by atoms with Gasteiger partial charge in [0.05, 0.1) is 5.92 Å². The lowest BCUT2D eigenvalue weighted by Gasteiger charge is -2.30. The second-order valence-corrected chi connectivity index (χ2v) is 7.12. The maximum Gasteiger partial charge on any atom is 0.315 e. The van der Waals surface area contributed by atoms with Gasteiger partial charge in [-0.25, -0.2) is 0 Å². The lowest BCUT2D eigenvalue weighted by molar-refractivity contribution is -0.143. The minimum Gasteiger partial charge on any atom is -0.426 e. The average molecular weight is 362 g/mol. The molecule has 2 N–H and O–H groups in total. The van der Waals surface area contributed by atoms with Gasteiger partial charge >= 0.3 is 5.97 Å². The topological polar surface area (TPSA) is 78.9 Å². The standard InChI is InChI=1S/C20H30N2O4/c1-14-16-9-8-15(22(2)3)12-18(16)26-20(25)17(14)13-19(24)21-10-6-4-5-7-11-23/h8-9,12,14,17,23H,4-7,10-11,13H2,1-3H3,(H,21,24). The molecule has 1 aliphatic rings. The number of amides is 1. The molecule has 1 amide bonds. The Morgan fingerprint density at radius 1 is 1.23 bits per heavy atom. The highest BCUT2D eigenvalue weighted by atomic mass is 16.5. The second-order valence-electron chi connectivity index (χ2n) is 7.12. The molecular weight excluding hydrogens is 332 g/mol. The summed E-state index contributed by atoms with van der Waals surface area (Å²) in [4.78, 5) is 26.5. The summed E-state index contributed by atoms with van der Waals surface area (Å²) < 4.78 is 5.51. The smallest absolute Gasteiger partial charge is 0.315 e. The Hall–Kier alpha value is -2.08. The van der Waals surface area contributed by atoms with Gasteiger partial charge in [0, 0.05) is 45.4 Å². The molecule has 1 aromatic rings. The van der Waals surface area contributed by atoms with Crippen LogP contribution in [0, 0.1) is 5.92 Å². The number of nitrogens with one attached hydrogen (secondary N) is 1. The number of benzene rings is 1. The first-order chi connectivity index (χ1) is 12.4. The number of carbonyl (C=O) groups excluding carboxylic acids is 2. The zero-order chi connectivity index (χ0) is 19.1. The van der Waals surface area contributed by atoms with Crippen molar-refractivity contribution < 1.29 is 19.4 Å². The molecule has 6 heteroatoms. The van der Waals surface area contributed by atoms with Crippen LogP contribution in [-0.4, -0.2) is 44.2 Å². The number of anilines is 1. The molecule has 1 aliphatic heterocycles. The summed E-state index contributed by atoms with van der Waals surface area (Å²) in [6, 6.07) is 5.85. The molecule has 0 saturated carbocycles. The Morgan fingerprint density at radius 3 is 2.65 bits per heavy atom. The van der Waals surface area contributed by atoms with Crippen molar-refractivity contribution in [2.75, 3.05) is 32.1 Å². The van der Waals surface area contributed by atoms with Crippen molar-refractivity contribution in [1.29, 1.82) is 0 Å². The summed E-state index contributed by atoms with van der Waals surface area (Å²) in [5, 5.41) is 11.6. The predicted molar refractivity (Wildman–Crippen MR) is 101 cm³/mol. The van der Waals surface area contributed by atoms with Gasteiger partial charge in [-0.05, 0) is 30.4 Å². The number of aliphatic hydroxyl groups excluding tert-OH is 1. The van der Waals surface area contributed by atoms with Gasteiger partial charge in [-0.1, -0.05) is 25.8 Å². The predicted octanol–water partition coefficient (Wildman–Crippen LogP) is 2.45. The number of unbranched alkanes of at least 4 members (excludes halogenated alkanes) is 3. The molecule has 2 rings (SSSR count). The van der Waals surface area contributed by atoms with Crippen LogP contribution in [0.25, 0.3) is 0 Å². The van der Waals surface area contributed by atoms with Gasteiger partial charge in [0.25, 0.3) is 0 Å².